The van der Waals surface area contributed by atoms with Crippen molar-refractivity contribution in [2.75, 3.05) is 31.1 Å². The van der Waals surface area contributed by atoms with Gasteiger partial charge in [0.1, 0.15) is 4.90 Å². The Bertz CT molecular complexity index is 1070. The molecule has 1 aliphatic rings. The van der Waals surface area contributed by atoms with Crippen molar-refractivity contribution in [1.29, 1.82) is 0 Å². The van der Waals surface area contributed by atoms with Crippen molar-refractivity contribution >= 4 is 39.2 Å². The quantitative estimate of drug-likeness (QED) is 0.605. The van der Waals surface area contributed by atoms with Gasteiger partial charge in [0.2, 0.25) is 10.0 Å². The molecule has 2 aromatic rings. The highest BCUT2D eigenvalue weighted by atomic mass is 35.5. The number of amides is 1. The van der Waals surface area contributed by atoms with Crippen molar-refractivity contribution in [2.24, 2.45) is 0 Å². The number of halogens is 1. The number of ether oxygens (including phenoxy) is 1. The highest BCUT2D eigenvalue weighted by Crippen LogP contribution is 2.28. The molecule has 3 rings (SSSR count). The lowest BCUT2D eigenvalue weighted by Crippen LogP contribution is -2.33. The number of carbonyl (C=O) groups excluding carboxylic acids is 2. The third-order valence-corrected chi connectivity index (χ3v) is 7.54. The summed E-state index contributed by atoms with van der Waals surface area (Å²) < 4.78 is 32.0. The molecule has 0 spiro atoms. The number of carbonyl (C=O) groups is 2. The summed E-state index contributed by atoms with van der Waals surface area (Å²) in [6, 6.07) is 11.5. The second kappa shape index (κ2) is 9.16. The van der Waals surface area contributed by atoms with E-state index >= 15 is 0 Å². The summed E-state index contributed by atoms with van der Waals surface area (Å²) >= 11 is 6.09. The molecule has 2 aromatic carbocycles. The summed E-state index contributed by atoms with van der Waals surface area (Å²) in [5.41, 5.74) is 1.90. The Balaban J connectivity index is 1.73. The van der Waals surface area contributed by atoms with Crippen LogP contribution in [0.5, 0.6) is 0 Å². The molecule has 0 aromatic heterocycles. The molecule has 30 heavy (non-hydrogen) atoms. The first-order valence-electron chi connectivity index (χ1n) is 9.64. The predicted molar refractivity (Wildman–Crippen MR) is 114 cm³/mol. The molecule has 0 aliphatic carbocycles. The van der Waals surface area contributed by atoms with Gasteiger partial charge in [-0.1, -0.05) is 43.6 Å². The minimum Gasteiger partial charge on any atom is -0.452 e. The Kier molecular flexibility index (Phi) is 6.80. The highest BCUT2D eigenvalue weighted by molar-refractivity contribution is 7.89. The fourth-order valence-electron chi connectivity index (χ4n) is 3.42. The molecule has 0 saturated heterocycles. The standard InChI is InChI=1S/C21H23ClN2O5S/c1-3-23(4-2)30(27,28)19-13-16(9-10-17(19)22)21(26)29-14-20(25)24-12-11-15-7-5-6-8-18(15)24/h5-10,13H,3-4,11-12,14H2,1-2H3. The van der Waals surface area contributed by atoms with Gasteiger partial charge in [-0.15, -0.1) is 0 Å². The average molecular weight is 451 g/mol. The van der Waals surface area contributed by atoms with Gasteiger partial charge in [0, 0.05) is 25.3 Å². The number of hydrogen-bond acceptors (Lipinski definition) is 5. The summed E-state index contributed by atoms with van der Waals surface area (Å²) in [5.74, 6) is -1.12. The van der Waals surface area contributed by atoms with Gasteiger partial charge in [-0.3, -0.25) is 4.79 Å². The third-order valence-electron chi connectivity index (χ3n) is 5.01. The monoisotopic (exact) mass is 450 g/mol. The molecule has 0 fully saturated rings. The van der Waals surface area contributed by atoms with Crippen molar-refractivity contribution in [3.8, 4) is 0 Å². The van der Waals surface area contributed by atoms with Crippen molar-refractivity contribution in [3.63, 3.8) is 0 Å². The second-order valence-electron chi connectivity index (χ2n) is 6.73. The molecule has 0 unspecified atom stereocenters. The SMILES string of the molecule is CCN(CC)S(=O)(=O)c1cc(C(=O)OCC(=O)N2CCc3ccccc32)ccc1Cl. The summed E-state index contributed by atoms with van der Waals surface area (Å²) in [7, 11) is -3.85. The summed E-state index contributed by atoms with van der Waals surface area (Å²) in [6.07, 6.45) is 0.750. The van der Waals surface area contributed by atoms with E-state index in [2.05, 4.69) is 0 Å². The molecule has 1 heterocycles. The zero-order chi connectivity index (χ0) is 21.9. The number of nitrogens with zero attached hydrogens (tertiary/aromatic N) is 2. The lowest BCUT2D eigenvalue weighted by molar-refractivity contribution is -0.121. The van der Waals surface area contributed by atoms with Gasteiger partial charge >= 0.3 is 5.97 Å². The molecule has 7 nitrogen and oxygen atoms in total. The van der Waals surface area contributed by atoms with Crippen LogP contribution >= 0.6 is 11.6 Å². The lowest BCUT2D eigenvalue weighted by atomic mass is 10.2. The van der Waals surface area contributed by atoms with Gasteiger partial charge < -0.3 is 9.64 Å². The number of benzene rings is 2. The fourth-order valence-corrected chi connectivity index (χ4v) is 5.37. The molecule has 0 bridgehead atoms. The topological polar surface area (TPSA) is 84.0 Å². The van der Waals surface area contributed by atoms with Crippen molar-refractivity contribution in [3.05, 3.63) is 58.6 Å². The molecule has 0 atom stereocenters. The van der Waals surface area contributed by atoms with Gasteiger partial charge in [-0.2, -0.15) is 4.31 Å². The smallest absolute Gasteiger partial charge is 0.338 e. The van der Waals surface area contributed by atoms with Gasteiger partial charge in [-0.25, -0.2) is 13.2 Å². The van der Waals surface area contributed by atoms with E-state index in [4.69, 9.17) is 16.3 Å². The van der Waals surface area contributed by atoms with Crippen LogP contribution in [0.15, 0.2) is 47.4 Å². The van der Waals surface area contributed by atoms with Gasteiger partial charge in [0.15, 0.2) is 6.61 Å². The zero-order valence-corrected chi connectivity index (χ0v) is 18.4. The van der Waals surface area contributed by atoms with E-state index in [9.17, 15) is 18.0 Å². The Hall–Kier alpha value is -2.42. The van der Waals surface area contributed by atoms with Crippen LogP contribution in [0.2, 0.25) is 5.02 Å². The maximum atomic E-state index is 12.8. The van der Waals surface area contributed by atoms with E-state index in [0.717, 1.165) is 17.7 Å². The van der Waals surface area contributed by atoms with E-state index in [0.29, 0.717) is 6.54 Å². The van der Waals surface area contributed by atoms with Crippen molar-refractivity contribution < 1.29 is 22.7 Å². The van der Waals surface area contributed by atoms with Crippen LogP contribution in [0.1, 0.15) is 29.8 Å². The number of anilines is 1. The lowest BCUT2D eigenvalue weighted by Gasteiger charge is -2.19. The van der Waals surface area contributed by atoms with Crippen LogP contribution in [-0.2, 0) is 26.0 Å². The van der Waals surface area contributed by atoms with E-state index in [1.807, 2.05) is 24.3 Å². The predicted octanol–water partition coefficient (Wildman–Crippen LogP) is 3.12. The molecule has 1 amide bonds. The van der Waals surface area contributed by atoms with E-state index in [1.165, 1.54) is 22.5 Å². The first-order chi connectivity index (χ1) is 14.3. The number of hydrogen-bond donors (Lipinski definition) is 0. The van der Waals surface area contributed by atoms with E-state index in [1.54, 1.807) is 18.7 Å². The molecule has 0 radical (unpaired) electrons. The molecule has 160 valence electrons. The van der Waals surface area contributed by atoms with Crippen LogP contribution in [0, 0.1) is 0 Å². The van der Waals surface area contributed by atoms with Crippen LogP contribution in [0.4, 0.5) is 5.69 Å². The third kappa shape index (κ3) is 4.35. The molecule has 0 N–H and O–H groups in total. The van der Waals surface area contributed by atoms with E-state index in [-0.39, 0.29) is 34.5 Å². The Morgan fingerprint density at radius 1 is 1.13 bits per heavy atom. The number of para-hydroxylation sites is 1. The molecule has 9 heteroatoms. The largest absolute Gasteiger partial charge is 0.452 e. The van der Waals surface area contributed by atoms with Crippen LogP contribution < -0.4 is 4.90 Å². The maximum Gasteiger partial charge on any atom is 0.338 e. The molecular weight excluding hydrogens is 428 g/mol. The second-order valence-corrected chi connectivity index (χ2v) is 9.05. The van der Waals surface area contributed by atoms with Gasteiger partial charge in [0.05, 0.1) is 10.6 Å². The number of sulfonamides is 1. The Morgan fingerprint density at radius 2 is 1.83 bits per heavy atom. The molecular formula is C21H23ClN2O5S. The van der Waals surface area contributed by atoms with Crippen LogP contribution in [0.3, 0.4) is 0 Å². The minimum absolute atomic E-state index is 0.0137. The minimum atomic E-state index is -3.85. The van der Waals surface area contributed by atoms with Crippen LogP contribution in [-0.4, -0.2) is 50.8 Å². The number of fused-ring (bicyclic) bond motifs is 1. The summed E-state index contributed by atoms with van der Waals surface area (Å²) in [4.78, 5) is 26.4. The normalized spacial score (nSPS) is 13.4. The van der Waals surface area contributed by atoms with Gasteiger partial charge in [-0.05, 0) is 36.2 Å². The highest BCUT2D eigenvalue weighted by Gasteiger charge is 2.27. The number of esters is 1. The molecule has 1 aliphatic heterocycles. The first kappa shape index (κ1) is 22.3. The Labute approximate surface area is 181 Å². The van der Waals surface area contributed by atoms with E-state index < -0.39 is 22.6 Å². The number of rotatable bonds is 7. The summed E-state index contributed by atoms with van der Waals surface area (Å²) in [5, 5.41) is 0.0169. The first-order valence-corrected chi connectivity index (χ1v) is 11.5. The van der Waals surface area contributed by atoms with Crippen molar-refractivity contribution in [2.45, 2.75) is 25.2 Å². The zero-order valence-electron chi connectivity index (χ0n) is 16.8. The summed E-state index contributed by atoms with van der Waals surface area (Å²) in [6.45, 7) is 4.08. The van der Waals surface area contributed by atoms with Crippen molar-refractivity contribution in [1.82, 2.24) is 4.31 Å². The fraction of sp³-hybridized carbons (Fsp3) is 0.333. The van der Waals surface area contributed by atoms with Crippen LogP contribution in [0.25, 0.3) is 0 Å². The molecule has 0 saturated carbocycles. The Morgan fingerprint density at radius 3 is 2.53 bits per heavy atom. The average Bonchev–Trinajstić information content (AvgIpc) is 3.17. The maximum absolute atomic E-state index is 12.8. The van der Waals surface area contributed by atoms with Gasteiger partial charge in [0.25, 0.3) is 5.91 Å².